The van der Waals surface area contributed by atoms with Gasteiger partial charge in [0.25, 0.3) is 0 Å². The third-order valence-electron chi connectivity index (χ3n) is 6.18. The van der Waals surface area contributed by atoms with Crippen LogP contribution in [0.1, 0.15) is 36.9 Å². The molecule has 3 aromatic rings. The summed E-state index contributed by atoms with van der Waals surface area (Å²) >= 11 is 0. The summed E-state index contributed by atoms with van der Waals surface area (Å²) in [7, 11) is 0. The predicted molar refractivity (Wildman–Crippen MR) is 118 cm³/mol. The number of carbonyl (C=O) groups is 2. The van der Waals surface area contributed by atoms with E-state index in [0.29, 0.717) is 11.1 Å². The van der Waals surface area contributed by atoms with Crippen molar-refractivity contribution in [2.75, 3.05) is 6.54 Å². The van der Waals surface area contributed by atoms with Crippen LogP contribution in [0.3, 0.4) is 0 Å². The zero-order valence-electron chi connectivity index (χ0n) is 18.3. The first-order chi connectivity index (χ1) is 16.2. The van der Waals surface area contributed by atoms with E-state index >= 15 is 0 Å². The van der Waals surface area contributed by atoms with E-state index in [2.05, 4.69) is 0 Å². The Balaban J connectivity index is 1.54. The van der Waals surface area contributed by atoms with Gasteiger partial charge in [-0.25, -0.2) is 18.0 Å². The summed E-state index contributed by atoms with van der Waals surface area (Å²) in [6.07, 6.45) is -0.914. The third-order valence-corrected chi connectivity index (χ3v) is 6.18. The van der Waals surface area contributed by atoms with Crippen molar-refractivity contribution < 1.29 is 32.6 Å². The van der Waals surface area contributed by atoms with E-state index in [1.54, 1.807) is 31.2 Å². The largest absolute Gasteiger partial charge is 0.481 e. The second kappa shape index (κ2) is 9.21. The molecule has 1 aliphatic heterocycles. The number of hydrogen-bond acceptors (Lipinski definition) is 3. The average molecular weight is 469 g/mol. The van der Waals surface area contributed by atoms with Crippen molar-refractivity contribution in [3.63, 3.8) is 0 Å². The number of ether oxygens (including phenoxy) is 1. The van der Waals surface area contributed by atoms with Gasteiger partial charge in [-0.3, -0.25) is 4.79 Å². The van der Waals surface area contributed by atoms with Crippen LogP contribution in [0.5, 0.6) is 0 Å². The molecule has 1 saturated heterocycles. The number of carboxylic acid groups (broad SMARTS) is 1. The van der Waals surface area contributed by atoms with E-state index in [9.17, 15) is 27.9 Å². The monoisotopic (exact) mass is 469 g/mol. The molecule has 0 bridgehead atoms. The number of hydrogen-bond donors (Lipinski definition) is 1. The Labute approximate surface area is 194 Å². The van der Waals surface area contributed by atoms with E-state index < -0.39 is 47.6 Å². The fourth-order valence-corrected chi connectivity index (χ4v) is 4.29. The molecule has 4 rings (SSSR count). The zero-order chi connectivity index (χ0) is 24.5. The fraction of sp³-hybridized carbons (Fsp3) is 0.231. The lowest BCUT2D eigenvalue weighted by Gasteiger charge is -2.42. The Hall–Kier alpha value is -3.81. The van der Waals surface area contributed by atoms with Crippen molar-refractivity contribution in [3.05, 3.63) is 95.3 Å². The molecule has 34 heavy (non-hydrogen) atoms. The number of halogens is 3. The van der Waals surface area contributed by atoms with Gasteiger partial charge in [-0.15, -0.1) is 0 Å². The number of benzene rings is 3. The van der Waals surface area contributed by atoms with Crippen LogP contribution in [0.2, 0.25) is 0 Å². The maximum Gasteiger partial charge on any atom is 0.411 e. The predicted octanol–water partition coefficient (Wildman–Crippen LogP) is 6.04. The minimum Gasteiger partial charge on any atom is -0.481 e. The normalized spacial score (nSPS) is 18.9. The van der Waals surface area contributed by atoms with E-state index in [0.717, 1.165) is 11.6 Å². The molecule has 3 aromatic carbocycles. The summed E-state index contributed by atoms with van der Waals surface area (Å²) in [6.45, 7) is 2.02. The highest BCUT2D eigenvalue weighted by Gasteiger charge is 2.45. The summed E-state index contributed by atoms with van der Waals surface area (Å²) in [5, 5.41) is 9.41. The maximum atomic E-state index is 14.1. The first kappa shape index (κ1) is 23.4. The molecule has 8 heteroatoms. The summed E-state index contributed by atoms with van der Waals surface area (Å²) in [6, 6.07) is 15.1. The molecule has 1 N–H and O–H groups in total. The van der Waals surface area contributed by atoms with Crippen molar-refractivity contribution in [3.8, 4) is 11.1 Å². The number of carbonyl (C=O) groups excluding carboxylic acids is 1. The quantitative estimate of drug-likeness (QED) is 0.478. The highest BCUT2D eigenvalue weighted by molar-refractivity contribution is 5.73. The summed E-state index contributed by atoms with van der Waals surface area (Å²) in [5.41, 5.74) is 0.608. The summed E-state index contributed by atoms with van der Waals surface area (Å²) < 4.78 is 46.3. The van der Waals surface area contributed by atoms with Crippen molar-refractivity contribution in [1.29, 1.82) is 0 Å². The van der Waals surface area contributed by atoms with E-state index in [-0.39, 0.29) is 18.5 Å². The van der Waals surface area contributed by atoms with Gasteiger partial charge in [0.05, 0.1) is 12.5 Å². The summed E-state index contributed by atoms with van der Waals surface area (Å²) in [5.74, 6) is -2.94. The summed E-state index contributed by atoms with van der Waals surface area (Å²) in [4.78, 5) is 26.0. The number of cyclic esters (lactones) is 1. The highest BCUT2D eigenvalue weighted by Crippen LogP contribution is 2.40. The lowest BCUT2D eigenvalue weighted by atomic mass is 9.85. The average Bonchev–Trinajstić information content (AvgIpc) is 2.79. The lowest BCUT2D eigenvalue weighted by Crippen LogP contribution is -2.49. The molecule has 1 heterocycles. The van der Waals surface area contributed by atoms with Crippen molar-refractivity contribution in [2.45, 2.75) is 31.4 Å². The third kappa shape index (κ3) is 4.62. The molecule has 1 unspecified atom stereocenters. The number of carboxylic acids is 1. The zero-order valence-corrected chi connectivity index (χ0v) is 18.3. The minimum absolute atomic E-state index is 0.208. The standard InChI is InChI=1S/C26H22F3NO4/c1-16(17-2-4-18(5-3-17)22-11-10-21(28)14-23(22)29)30-13-12-26(15-24(31)32,34-25(30)33)19-6-8-20(27)9-7-19/h2-11,14,16H,12-13,15H2,1H3,(H,31,32)/t16?,26-/m0/s1. The molecule has 5 nitrogen and oxygen atoms in total. The van der Waals surface area contributed by atoms with Crippen LogP contribution in [0.25, 0.3) is 11.1 Å². The molecule has 0 saturated carbocycles. The minimum atomic E-state index is -1.39. The number of nitrogens with zero attached hydrogens (tertiary/aromatic N) is 1. The Kier molecular flexibility index (Phi) is 6.32. The van der Waals surface area contributed by atoms with Gasteiger partial charge in [0, 0.05) is 24.6 Å². The van der Waals surface area contributed by atoms with Crippen molar-refractivity contribution >= 4 is 12.1 Å². The van der Waals surface area contributed by atoms with Gasteiger partial charge in [0.1, 0.15) is 17.5 Å². The van der Waals surface area contributed by atoms with Crippen LogP contribution in [0, 0.1) is 17.5 Å². The van der Waals surface area contributed by atoms with Gasteiger partial charge in [-0.05, 0) is 47.9 Å². The topological polar surface area (TPSA) is 66.8 Å². The molecule has 0 aliphatic carbocycles. The first-order valence-corrected chi connectivity index (χ1v) is 10.7. The molecule has 0 spiro atoms. The number of aliphatic carboxylic acids is 1. The second-order valence-electron chi connectivity index (χ2n) is 8.31. The van der Waals surface area contributed by atoms with Gasteiger partial charge in [0.15, 0.2) is 5.60 Å². The number of amides is 1. The number of rotatable bonds is 6. The van der Waals surface area contributed by atoms with Crippen LogP contribution in [-0.4, -0.2) is 28.6 Å². The van der Waals surface area contributed by atoms with Gasteiger partial charge < -0.3 is 14.7 Å². The van der Waals surface area contributed by atoms with E-state index in [1.165, 1.54) is 41.3 Å². The second-order valence-corrected chi connectivity index (χ2v) is 8.31. The van der Waals surface area contributed by atoms with Crippen molar-refractivity contribution in [1.82, 2.24) is 4.90 Å². The highest BCUT2D eigenvalue weighted by atomic mass is 19.1. The van der Waals surface area contributed by atoms with Gasteiger partial charge in [-0.2, -0.15) is 0 Å². The Morgan fingerprint density at radius 1 is 1.03 bits per heavy atom. The van der Waals surface area contributed by atoms with Crippen LogP contribution < -0.4 is 0 Å². The molecule has 1 fully saturated rings. The smallest absolute Gasteiger partial charge is 0.411 e. The van der Waals surface area contributed by atoms with E-state index in [4.69, 9.17) is 4.74 Å². The molecule has 2 atom stereocenters. The van der Waals surface area contributed by atoms with Gasteiger partial charge in [0.2, 0.25) is 0 Å². The molecular formula is C26H22F3NO4. The molecule has 0 radical (unpaired) electrons. The Morgan fingerprint density at radius 2 is 1.68 bits per heavy atom. The van der Waals surface area contributed by atoms with Crippen molar-refractivity contribution in [2.24, 2.45) is 0 Å². The molecule has 176 valence electrons. The van der Waals surface area contributed by atoms with Gasteiger partial charge >= 0.3 is 12.1 Å². The SMILES string of the molecule is CC(c1ccc(-c2ccc(F)cc2F)cc1)N1CC[C@](CC(=O)O)(c2ccc(F)cc2)OC1=O. The lowest BCUT2D eigenvalue weighted by molar-refractivity contribution is -0.146. The maximum absolute atomic E-state index is 14.1. The molecule has 0 aromatic heterocycles. The fourth-order valence-electron chi connectivity index (χ4n) is 4.29. The van der Waals surface area contributed by atoms with E-state index in [1.807, 2.05) is 0 Å². The molecule has 1 aliphatic rings. The molecule has 1 amide bonds. The van der Waals surface area contributed by atoms with Crippen LogP contribution >= 0.6 is 0 Å². The van der Waals surface area contributed by atoms with Gasteiger partial charge in [-0.1, -0.05) is 36.4 Å². The Bertz CT molecular complexity index is 1210. The first-order valence-electron chi connectivity index (χ1n) is 10.7. The van der Waals surface area contributed by atoms with Crippen LogP contribution in [0.15, 0.2) is 66.7 Å². The Morgan fingerprint density at radius 3 is 2.26 bits per heavy atom. The van der Waals surface area contributed by atoms with Crippen LogP contribution in [0.4, 0.5) is 18.0 Å². The molecular weight excluding hydrogens is 447 g/mol. The van der Waals surface area contributed by atoms with Crippen LogP contribution in [-0.2, 0) is 15.1 Å².